The molecule has 2 nitrogen and oxygen atoms in total. The quantitative estimate of drug-likeness (QED) is 0.672. The van der Waals surface area contributed by atoms with Gasteiger partial charge in [0.1, 0.15) is 0 Å². The van der Waals surface area contributed by atoms with Gasteiger partial charge in [0, 0.05) is 12.1 Å². The molecule has 0 saturated heterocycles. The van der Waals surface area contributed by atoms with Gasteiger partial charge in [0.15, 0.2) is 0 Å². The molecule has 0 bridgehead atoms. The maximum absolute atomic E-state index is 9.28. The Balaban J connectivity index is 2.24. The lowest BCUT2D eigenvalue weighted by atomic mass is 9.71. The van der Waals surface area contributed by atoms with Gasteiger partial charge in [0.25, 0.3) is 0 Å². The summed E-state index contributed by atoms with van der Waals surface area (Å²) >= 11 is 0. The zero-order valence-electron chi connectivity index (χ0n) is 8.54. The smallest absolute Gasteiger partial charge is 0.0662 e. The fourth-order valence-corrected chi connectivity index (χ4v) is 1.73. The summed E-state index contributed by atoms with van der Waals surface area (Å²) in [5.41, 5.74) is 0. The van der Waals surface area contributed by atoms with Gasteiger partial charge < -0.3 is 10.4 Å². The standard InChI is InChI=1S/C10H21NO/c1-6-5-10(7(6)2)11-8(3)9(4)12/h6-12H,5H2,1-4H3. The molecule has 0 heterocycles. The number of hydrogen-bond donors (Lipinski definition) is 2. The third-order valence-corrected chi connectivity index (χ3v) is 3.36. The molecule has 5 unspecified atom stereocenters. The van der Waals surface area contributed by atoms with E-state index in [4.69, 9.17) is 0 Å². The SMILES string of the molecule is CC(O)C(C)NC1CC(C)C1C. The van der Waals surface area contributed by atoms with Crippen LogP contribution in [0.1, 0.15) is 34.1 Å². The summed E-state index contributed by atoms with van der Waals surface area (Å²) in [6.07, 6.45) is 1.02. The molecule has 0 spiro atoms. The predicted octanol–water partition coefficient (Wildman–Crippen LogP) is 1.39. The molecule has 0 radical (unpaired) electrons. The van der Waals surface area contributed by atoms with Crippen molar-refractivity contribution in [2.75, 3.05) is 0 Å². The first kappa shape index (κ1) is 10.0. The third-order valence-electron chi connectivity index (χ3n) is 3.36. The first-order valence-electron chi connectivity index (χ1n) is 4.96. The number of nitrogens with one attached hydrogen (secondary N) is 1. The number of rotatable bonds is 3. The van der Waals surface area contributed by atoms with E-state index in [-0.39, 0.29) is 12.1 Å². The van der Waals surface area contributed by atoms with Gasteiger partial charge in [0.05, 0.1) is 6.10 Å². The maximum Gasteiger partial charge on any atom is 0.0662 e. The van der Waals surface area contributed by atoms with Crippen LogP contribution in [0, 0.1) is 11.8 Å². The molecule has 1 rings (SSSR count). The van der Waals surface area contributed by atoms with Crippen molar-refractivity contribution in [2.45, 2.75) is 52.3 Å². The van der Waals surface area contributed by atoms with Gasteiger partial charge in [0.2, 0.25) is 0 Å². The third kappa shape index (κ3) is 1.99. The van der Waals surface area contributed by atoms with Gasteiger partial charge in [-0.05, 0) is 32.1 Å². The molecule has 72 valence electrons. The van der Waals surface area contributed by atoms with Crippen molar-refractivity contribution in [3.8, 4) is 0 Å². The van der Waals surface area contributed by atoms with E-state index in [1.54, 1.807) is 0 Å². The molecule has 2 N–H and O–H groups in total. The Hall–Kier alpha value is -0.0800. The van der Waals surface area contributed by atoms with Crippen molar-refractivity contribution < 1.29 is 5.11 Å². The molecule has 0 aromatic heterocycles. The fraction of sp³-hybridized carbons (Fsp3) is 1.00. The van der Waals surface area contributed by atoms with Gasteiger partial charge in [-0.3, -0.25) is 0 Å². The molecule has 0 aromatic rings. The van der Waals surface area contributed by atoms with Crippen molar-refractivity contribution in [1.82, 2.24) is 5.32 Å². The molecule has 0 amide bonds. The van der Waals surface area contributed by atoms with Crippen LogP contribution in [-0.4, -0.2) is 23.3 Å². The summed E-state index contributed by atoms with van der Waals surface area (Å²) in [6, 6.07) is 0.856. The average molecular weight is 171 g/mol. The molecule has 1 aliphatic rings. The highest BCUT2D eigenvalue weighted by atomic mass is 16.3. The second-order valence-corrected chi connectivity index (χ2v) is 4.37. The van der Waals surface area contributed by atoms with Gasteiger partial charge in [-0.1, -0.05) is 13.8 Å². The van der Waals surface area contributed by atoms with Crippen molar-refractivity contribution >= 4 is 0 Å². The molecule has 0 aromatic carbocycles. The second kappa shape index (κ2) is 3.75. The number of hydrogen-bond acceptors (Lipinski definition) is 2. The Kier molecular flexibility index (Phi) is 3.13. The van der Waals surface area contributed by atoms with E-state index in [1.165, 1.54) is 6.42 Å². The van der Waals surface area contributed by atoms with Crippen LogP contribution in [0.25, 0.3) is 0 Å². The number of aliphatic hydroxyl groups is 1. The predicted molar refractivity (Wildman–Crippen MR) is 51.0 cm³/mol. The highest BCUT2D eigenvalue weighted by Gasteiger charge is 2.35. The monoisotopic (exact) mass is 171 g/mol. The van der Waals surface area contributed by atoms with Crippen LogP contribution in [0.3, 0.4) is 0 Å². The van der Waals surface area contributed by atoms with Crippen molar-refractivity contribution in [3.63, 3.8) is 0 Å². The van der Waals surface area contributed by atoms with Crippen molar-refractivity contribution in [3.05, 3.63) is 0 Å². The largest absolute Gasteiger partial charge is 0.392 e. The van der Waals surface area contributed by atoms with Crippen LogP contribution in [0.4, 0.5) is 0 Å². The molecular formula is C10H21NO. The second-order valence-electron chi connectivity index (χ2n) is 4.37. The minimum Gasteiger partial charge on any atom is -0.392 e. The number of aliphatic hydroxyl groups excluding tert-OH is 1. The Bertz CT molecular complexity index is 147. The molecule has 1 saturated carbocycles. The molecule has 1 fully saturated rings. The highest BCUT2D eigenvalue weighted by molar-refractivity contribution is 4.91. The lowest BCUT2D eigenvalue weighted by Crippen LogP contribution is -2.53. The van der Waals surface area contributed by atoms with Crippen LogP contribution in [0.5, 0.6) is 0 Å². The van der Waals surface area contributed by atoms with E-state index in [9.17, 15) is 5.11 Å². The van der Waals surface area contributed by atoms with Crippen LogP contribution < -0.4 is 5.32 Å². The van der Waals surface area contributed by atoms with Gasteiger partial charge >= 0.3 is 0 Å². The first-order valence-corrected chi connectivity index (χ1v) is 4.96. The van der Waals surface area contributed by atoms with Crippen LogP contribution in [0.15, 0.2) is 0 Å². The summed E-state index contributed by atoms with van der Waals surface area (Å²) in [7, 11) is 0. The molecule has 5 atom stereocenters. The Labute approximate surface area is 75.4 Å². The minimum absolute atomic E-state index is 0.227. The topological polar surface area (TPSA) is 32.3 Å². The molecular weight excluding hydrogens is 150 g/mol. The first-order chi connectivity index (χ1) is 5.52. The van der Waals surface area contributed by atoms with Gasteiger partial charge in [-0.25, -0.2) is 0 Å². The van der Waals surface area contributed by atoms with E-state index < -0.39 is 0 Å². The average Bonchev–Trinajstić information content (AvgIpc) is 2.03. The Morgan fingerprint density at radius 3 is 2.25 bits per heavy atom. The van der Waals surface area contributed by atoms with E-state index >= 15 is 0 Å². The van der Waals surface area contributed by atoms with E-state index in [0.29, 0.717) is 6.04 Å². The van der Waals surface area contributed by atoms with E-state index in [1.807, 2.05) is 13.8 Å². The van der Waals surface area contributed by atoms with E-state index in [0.717, 1.165) is 11.8 Å². The van der Waals surface area contributed by atoms with Crippen molar-refractivity contribution in [2.24, 2.45) is 11.8 Å². The summed E-state index contributed by atoms with van der Waals surface area (Å²) in [6.45, 7) is 8.45. The van der Waals surface area contributed by atoms with Gasteiger partial charge in [-0.2, -0.15) is 0 Å². The highest BCUT2D eigenvalue weighted by Crippen LogP contribution is 2.33. The molecule has 1 aliphatic carbocycles. The van der Waals surface area contributed by atoms with Crippen LogP contribution in [0.2, 0.25) is 0 Å². The molecule has 2 heteroatoms. The summed E-state index contributed by atoms with van der Waals surface area (Å²) in [4.78, 5) is 0. The lowest BCUT2D eigenvalue weighted by molar-refractivity contribution is 0.0864. The van der Waals surface area contributed by atoms with Crippen LogP contribution >= 0.6 is 0 Å². The lowest BCUT2D eigenvalue weighted by Gasteiger charge is -2.43. The van der Waals surface area contributed by atoms with Gasteiger partial charge in [-0.15, -0.1) is 0 Å². The summed E-state index contributed by atoms with van der Waals surface area (Å²) in [5.74, 6) is 1.62. The van der Waals surface area contributed by atoms with Crippen molar-refractivity contribution in [1.29, 1.82) is 0 Å². The minimum atomic E-state index is -0.242. The Morgan fingerprint density at radius 2 is 1.92 bits per heavy atom. The van der Waals surface area contributed by atoms with E-state index in [2.05, 4.69) is 19.2 Å². The van der Waals surface area contributed by atoms with Crippen LogP contribution in [-0.2, 0) is 0 Å². The zero-order chi connectivity index (χ0) is 9.30. The fourth-order valence-electron chi connectivity index (χ4n) is 1.73. The molecule has 0 aliphatic heterocycles. The summed E-state index contributed by atoms with van der Waals surface area (Å²) in [5, 5.41) is 12.7. The Morgan fingerprint density at radius 1 is 1.33 bits per heavy atom. The summed E-state index contributed by atoms with van der Waals surface area (Å²) < 4.78 is 0. The maximum atomic E-state index is 9.28. The normalized spacial score (nSPS) is 40.2. The zero-order valence-corrected chi connectivity index (χ0v) is 8.54. The molecule has 12 heavy (non-hydrogen) atoms.